The van der Waals surface area contributed by atoms with E-state index in [0.717, 1.165) is 23.3 Å². The van der Waals surface area contributed by atoms with Gasteiger partial charge in [-0.3, -0.25) is 4.79 Å². The SMILES string of the molecule is Cc1cc(C(=O)Nc2ccc(S(=O)(=O)N3CCCC(C)C3)cc2)sc1C. The van der Waals surface area contributed by atoms with Gasteiger partial charge in [0.05, 0.1) is 9.77 Å². The molecule has 140 valence electrons. The quantitative estimate of drug-likeness (QED) is 0.854. The number of hydrogen-bond acceptors (Lipinski definition) is 4. The maximum Gasteiger partial charge on any atom is 0.265 e. The minimum absolute atomic E-state index is 0.174. The van der Waals surface area contributed by atoms with Gasteiger partial charge < -0.3 is 5.32 Å². The summed E-state index contributed by atoms with van der Waals surface area (Å²) in [4.78, 5) is 14.4. The van der Waals surface area contributed by atoms with Crippen molar-refractivity contribution in [3.63, 3.8) is 0 Å². The number of nitrogens with one attached hydrogen (secondary N) is 1. The van der Waals surface area contributed by atoms with E-state index in [9.17, 15) is 13.2 Å². The zero-order valence-electron chi connectivity index (χ0n) is 15.3. The minimum Gasteiger partial charge on any atom is -0.321 e. The van der Waals surface area contributed by atoms with Crippen LogP contribution < -0.4 is 5.32 Å². The molecule has 1 fully saturated rings. The van der Waals surface area contributed by atoms with E-state index in [1.54, 1.807) is 28.6 Å². The highest BCUT2D eigenvalue weighted by Gasteiger charge is 2.28. The number of piperidine rings is 1. The molecule has 1 amide bonds. The molecule has 1 unspecified atom stereocenters. The monoisotopic (exact) mass is 392 g/mol. The van der Waals surface area contributed by atoms with Crippen molar-refractivity contribution >= 4 is 33.0 Å². The van der Waals surface area contributed by atoms with Crippen molar-refractivity contribution < 1.29 is 13.2 Å². The second kappa shape index (κ2) is 7.50. The lowest BCUT2D eigenvalue weighted by Crippen LogP contribution is -2.39. The zero-order valence-corrected chi connectivity index (χ0v) is 16.9. The average Bonchev–Trinajstić information content (AvgIpc) is 2.94. The molecular weight excluding hydrogens is 368 g/mol. The van der Waals surface area contributed by atoms with Crippen LogP contribution in [0.15, 0.2) is 35.2 Å². The lowest BCUT2D eigenvalue weighted by atomic mass is 10.0. The van der Waals surface area contributed by atoms with Crippen molar-refractivity contribution in [3.05, 3.63) is 45.6 Å². The number of aryl methyl sites for hydroxylation is 2. The van der Waals surface area contributed by atoms with Crippen molar-refractivity contribution in [2.24, 2.45) is 5.92 Å². The molecule has 1 aliphatic rings. The summed E-state index contributed by atoms with van der Waals surface area (Å²) in [6.45, 7) is 7.18. The molecule has 0 aliphatic carbocycles. The van der Waals surface area contributed by atoms with Crippen LogP contribution in [0.1, 0.15) is 39.9 Å². The third kappa shape index (κ3) is 4.00. The van der Waals surface area contributed by atoms with Crippen molar-refractivity contribution in [1.82, 2.24) is 4.31 Å². The third-order valence-corrected chi connectivity index (χ3v) is 7.79. The van der Waals surface area contributed by atoms with E-state index in [1.165, 1.54) is 11.3 Å². The Hall–Kier alpha value is -1.70. The Morgan fingerprint density at radius 3 is 2.50 bits per heavy atom. The molecule has 7 heteroatoms. The summed E-state index contributed by atoms with van der Waals surface area (Å²) in [7, 11) is -3.47. The molecule has 26 heavy (non-hydrogen) atoms. The van der Waals surface area contributed by atoms with Crippen LogP contribution in [0.25, 0.3) is 0 Å². The van der Waals surface area contributed by atoms with Gasteiger partial charge in [0, 0.05) is 23.7 Å². The molecule has 1 aromatic heterocycles. The molecule has 0 spiro atoms. The Morgan fingerprint density at radius 1 is 1.23 bits per heavy atom. The van der Waals surface area contributed by atoms with Gasteiger partial charge in [0.1, 0.15) is 0 Å². The van der Waals surface area contributed by atoms with Crippen LogP contribution in [0.4, 0.5) is 5.69 Å². The summed E-state index contributed by atoms with van der Waals surface area (Å²) in [6, 6.07) is 8.28. The molecule has 0 saturated carbocycles. The highest BCUT2D eigenvalue weighted by Crippen LogP contribution is 2.25. The molecule has 0 radical (unpaired) electrons. The number of rotatable bonds is 4. The standard InChI is InChI=1S/C19H24N2O3S2/c1-13-5-4-10-21(12-13)26(23,24)17-8-6-16(7-9-17)20-19(22)18-11-14(2)15(3)25-18/h6-9,11,13H,4-5,10,12H2,1-3H3,(H,20,22). The molecule has 2 heterocycles. The Bertz CT molecular complexity index is 882. The Labute approximate surface area is 159 Å². The van der Waals surface area contributed by atoms with Gasteiger partial charge in [0.15, 0.2) is 0 Å². The van der Waals surface area contributed by atoms with Gasteiger partial charge in [0.2, 0.25) is 10.0 Å². The van der Waals surface area contributed by atoms with E-state index in [2.05, 4.69) is 12.2 Å². The maximum absolute atomic E-state index is 12.8. The normalized spacial score (nSPS) is 18.7. The first-order valence-electron chi connectivity index (χ1n) is 8.76. The molecule has 1 aromatic carbocycles. The molecule has 5 nitrogen and oxygen atoms in total. The second-order valence-electron chi connectivity index (χ2n) is 6.94. The molecule has 1 aliphatic heterocycles. The highest BCUT2D eigenvalue weighted by atomic mass is 32.2. The first kappa shape index (κ1) is 19.1. The van der Waals surface area contributed by atoms with Crippen LogP contribution >= 0.6 is 11.3 Å². The fourth-order valence-corrected chi connectivity index (χ4v) is 5.63. The number of thiophene rings is 1. The predicted octanol–water partition coefficient (Wildman–Crippen LogP) is 4.04. The Morgan fingerprint density at radius 2 is 1.92 bits per heavy atom. The average molecular weight is 393 g/mol. The van der Waals surface area contributed by atoms with Gasteiger partial charge in [-0.1, -0.05) is 6.92 Å². The number of carbonyl (C=O) groups is 1. The molecule has 1 N–H and O–H groups in total. The van der Waals surface area contributed by atoms with Crippen LogP contribution in [-0.4, -0.2) is 31.7 Å². The van der Waals surface area contributed by atoms with E-state index in [4.69, 9.17) is 0 Å². The number of benzene rings is 1. The van der Waals surface area contributed by atoms with Crippen molar-refractivity contribution in [2.45, 2.75) is 38.5 Å². The summed E-state index contributed by atoms with van der Waals surface area (Å²) >= 11 is 1.45. The molecule has 0 bridgehead atoms. The lowest BCUT2D eigenvalue weighted by Gasteiger charge is -2.30. The fourth-order valence-electron chi connectivity index (χ4n) is 3.10. The largest absolute Gasteiger partial charge is 0.321 e. The third-order valence-electron chi connectivity index (χ3n) is 4.76. The summed E-state index contributed by atoms with van der Waals surface area (Å²) in [5.74, 6) is 0.210. The summed E-state index contributed by atoms with van der Waals surface area (Å²) in [5, 5.41) is 2.83. The fraction of sp³-hybridized carbons (Fsp3) is 0.421. The van der Waals surface area contributed by atoms with Gasteiger partial charge in [-0.15, -0.1) is 11.3 Å². The molecule has 2 aromatic rings. The molecular formula is C19H24N2O3S2. The highest BCUT2D eigenvalue weighted by molar-refractivity contribution is 7.89. The van der Waals surface area contributed by atoms with Crippen LogP contribution in [0.2, 0.25) is 0 Å². The van der Waals surface area contributed by atoms with Crippen molar-refractivity contribution in [2.75, 3.05) is 18.4 Å². The van der Waals surface area contributed by atoms with Gasteiger partial charge in [0.25, 0.3) is 5.91 Å². The number of carbonyl (C=O) groups excluding carboxylic acids is 1. The van der Waals surface area contributed by atoms with Crippen LogP contribution in [-0.2, 0) is 10.0 Å². The first-order chi connectivity index (χ1) is 12.3. The topological polar surface area (TPSA) is 66.5 Å². The summed E-state index contributed by atoms with van der Waals surface area (Å²) < 4.78 is 27.1. The van der Waals surface area contributed by atoms with Gasteiger partial charge in [-0.2, -0.15) is 4.31 Å². The zero-order chi connectivity index (χ0) is 18.9. The molecule has 1 saturated heterocycles. The van der Waals surface area contributed by atoms with Gasteiger partial charge in [-0.25, -0.2) is 8.42 Å². The smallest absolute Gasteiger partial charge is 0.265 e. The predicted molar refractivity (Wildman–Crippen MR) is 105 cm³/mol. The Balaban J connectivity index is 1.72. The van der Waals surface area contributed by atoms with E-state index < -0.39 is 10.0 Å². The number of nitrogens with zero attached hydrogens (tertiary/aromatic N) is 1. The Kier molecular flexibility index (Phi) is 5.50. The molecule has 1 atom stereocenters. The number of hydrogen-bond donors (Lipinski definition) is 1. The van der Waals surface area contributed by atoms with Crippen LogP contribution in [0, 0.1) is 19.8 Å². The number of anilines is 1. The van der Waals surface area contributed by atoms with Crippen molar-refractivity contribution in [3.8, 4) is 0 Å². The minimum atomic E-state index is -3.47. The number of sulfonamides is 1. The summed E-state index contributed by atoms with van der Waals surface area (Å²) in [5.41, 5.74) is 1.68. The van der Waals surface area contributed by atoms with Crippen LogP contribution in [0.5, 0.6) is 0 Å². The molecule has 3 rings (SSSR count). The van der Waals surface area contributed by atoms with E-state index in [0.29, 0.717) is 29.6 Å². The summed E-state index contributed by atoms with van der Waals surface area (Å²) in [6.07, 6.45) is 1.97. The van der Waals surface area contributed by atoms with E-state index in [-0.39, 0.29) is 10.8 Å². The second-order valence-corrected chi connectivity index (χ2v) is 10.1. The van der Waals surface area contributed by atoms with Crippen LogP contribution in [0.3, 0.4) is 0 Å². The van der Waals surface area contributed by atoms with Crippen molar-refractivity contribution in [1.29, 1.82) is 0 Å². The van der Waals surface area contributed by atoms with Gasteiger partial charge in [-0.05, 0) is 68.5 Å². The number of amides is 1. The first-order valence-corrected chi connectivity index (χ1v) is 11.0. The maximum atomic E-state index is 12.8. The lowest BCUT2D eigenvalue weighted by molar-refractivity contribution is 0.103. The van der Waals surface area contributed by atoms with E-state index >= 15 is 0 Å². The van der Waals surface area contributed by atoms with Gasteiger partial charge >= 0.3 is 0 Å². The van der Waals surface area contributed by atoms with E-state index in [1.807, 2.05) is 19.9 Å².